The van der Waals surface area contributed by atoms with E-state index in [-0.39, 0.29) is 45.7 Å². The number of anilines is 1. The van der Waals surface area contributed by atoms with Crippen LogP contribution in [0.5, 0.6) is 0 Å². The van der Waals surface area contributed by atoms with Crippen molar-refractivity contribution in [1.29, 1.82) is 0 Å². The summed E-state index contributed by atoms with van der Waals surface area (Å²) in [6.45, 7) is 14.7. The fourth-order valence-corrected chi connectivity index (χ4v) is 6.36. The van der Waals surface area contributed by atoms with Crippen LogP contribution in [0.1, 0.15) is 44.9 Å². The van der Waals surface area contributed by atoms with Crippen molar-refractivity contribution in [2.45, 2.75) is 40.5 Å². The summed E-state index contributed by atoms with van der Waals surface area (Å²) in [6, 6.07) is 9.82. The van der Waals surface area contributed by atoms with E-state index in [0.29, 0.717) is 35.6 Å². The lowest BCUT2D eigenvalue weighted by molar-refractivity contribution is -0.121. The van der Waals surface area contributed by atoms with Gasteiger partial charge in [0.15, 0.2) is 11.4 Å². The second kappa shape index (κ2) is 11.2. The summed E-state index contributed by atoms with van der Waals surface area (Å²) >= 11 is 6.78. The molecule has 0 radical (unpaired) electrons. The van der Waals surface area contributed by atoms with E-state index in [4.69, 9.17) is 16.6 Å². The van der Waals surface area contributed by atoms with Gasteiger partial charge in [0.05, 0.1) is 27.5 Å². The molecule has 0 amide bonds. The maximum atomic E-state index is 14.9. The quantitative estimate of drug-likeness (QED) is 0.244. The Balaban J connectivity index is 1.81. The maximum absolute atomic E-state index is 14.9. The minimum absolute atomic E-state index is 0.00207. The second-order valence-electron chi connectivity index (χ2n) is 11.2. The van der Waals surface area contributed by atoms with E-state index in [1.807, 2.05) is 45.6 Å². The van der Waals surface area contributed by atoms with E-state index in [2.05, 4.69) is 16.5 Å². The zero-order valence-corrected chi connectivity index (χ0v) is 24.6. The third kappa shape index (κ3) is 5.05. The van der Waals surface area contributed by atoms with Crippen LogP contribution in [0.4, 0.5) is 10.2 Å². The fraction of sp³-hybridized carbons (Fsp3) is 0.344. The van der Waals surface area contributed by atoms with Gasteiger partial charge < -0.3 is 4.90 Å². The number of rotatable bonds is 6. The summed E-state index contributed by atoms with van der Waals surface area (Å²) in [4.78, 5) is 42.6. The van der Waals surface area contributed by atoms with Gasteiger partial charge >= 0.3 is 5.69 Å². The summed E-state index contributed by atoms with van der Waals surface area (Å²) in [5.41, 5.74) is 2.40. The number of piperidine rings is 1. The minimum Gasteiger partial charge on any atom is -0.355 e. The molecule has 5 rings (SSSR count). The molecular formula is C32H33ClFN5O2. The molecule has 0 aliphatic carbocycles. The van der Waals surface area contributed by atoms with Crippen LogP contribution in [-0.2, 0) is 4.79 Å². The highest BCUT2D eigenvalue weighted by atomic mass is 35.5. The van der Waals surface area contributed by atoms with Crippen LogP contribution >= 0.6 is 11.6 Å². The molecule has 7 nitrogen and oxygen atoms in total. The number of fused-ring (bicyclic) bond motifs is 1. The molecule has 0 bridgehead atoms. The van der Waals surface area contributed by atoms with Gasteiger partial charge in [-0.25, -0.2) is 18.7 Å². The molecule has 1 saturated heterocycles. The van der Waals surface area contributed by atoms with Gasteiger partial charge in [0.2, 0.25) is 0 Å². The molecule has 1 fully saturated rings. The third-order valence-electron chi connectivity index (χ3n) is 7.93. The van der Waals surface area contributed by atoms with Crippen LogP contribution < -0.4 is 10.6 Å². The molecule has 1 aliphatic rings. The molecule has 4 aromatic rings. The van der Waals surface area contributed by atoms with Gasteiger partial charge in [0.25, 0.3) is 0 Å². The Bertz CT molecular complexity index is 1720. The van der Waals surface area contributed by atoms with Crippen molar-refractivity contribution in [2.75, 3.05) is 18.0 Å². The summed E-state index contributed by atoms with van der Waals surface area (Å²) in [5.74, 6) is -0.182. The SMILES string of the molecule is C=CC(=O)C1[C@H](C)CN(c2nc(=O)n(-c3c(C)ccnc3C(C)C)c3nc(-c4ccccc4F)c(Cl)cc23)C[C@@H]1C. The van der Waals surface area contributed by atoms with Crippen LogP contribution in [0.3, 0.4) is 0 Å². The van der Waals surface area contributed by atoms with Gasteiger partial charge in [-0.3, -0.25) is 9.78 Å². The van der Waals surface area contributed by atoms with Gasteiger partial charge in [-0.05, 0) is 60.6 Å². The number of hydrogen-bond donors (Lipinski definition) is 0. The average molecular weight is 574 g/mol. The summed E-state index contributed by atoms with van der Waals surface area (Å²) in [5, 5.41) is 0.793. The lowest BCUT2D eigenvalue weighted by Gasteiger charge is -2.41. The van der Waals surface area contributed by atoms with E-state index < -0.39 is 11.5 Å². The van der Waals surface area contributed by atoms with Gasteiger partial charge in [0.1, 0.15) is 11.6 Å². The van der Waals surface area contributed by atoms with Crippen LogP contribution in [0.2, 0.25) is 5.02 Å². The molecule has 212 valence electrons. The number of aromatic nitrogens is 4. The van der Waals surface area contributed by atoms with Gasteiger partial charge in [-0.15, -0.1) is 0 Å². The Morgan fingerprint density at radius 1 is 1.15 bits per heavy atom. The van der Waals surface area contributed by atoms with Crippen molar-refractivity contribution in [3.63, 3.8) is 0 Å². The molecule has 3 aromatic heterocycles. The topological polar surface area (TPSA) is 81.0 Å². The lowest BCUT2D eigenvalue weighted by atomic mass is 9.77. The van der Waals surface area contributed by atoms with Crippen molar-refractivity contribution in [2.24, 2.45) is 17.8 Å². The lowest BCUT2D eigenvalue weighted by Crippen LogP contribution is -2.48. The maximum Gasteiger partial charge on any atom is 0.355 e. The van der Waals surface area contributed by atoms with Crippen molar-refractivity contribution >= 4 is 34.2 Å². The molecule has 1 aliphatic heterocycles. The first-order valence-electron chi connectivity index (χ1n) is 13.8. The third-order valence-corrected chi connectivity index (χ3v) is 8.22. The molecule has 1 aromatic carbocycles. The number of pyridine rings is 2. The van der Waals surface area contributed by atoms with Crippen molar-refractivity contribution in [3.8, 4) is 16.9 Å². The van der Waals surface area contributed by atoms with E-state index in [9.17, 15) is 14.0 Å². The number of halogens is 2. The zero-order valence-electron chi connectivity index (χ0n) is 23.9. The Labute approximate surface area is 243 Å². The molecule has 0 N–H and O–H groups in total. The van der Waals surface area contributed by atoms with Gasteiger partial charge in [-0.2, -0.15) is 4.98 Å². The molecule has 0 spiro atoms. The van der Waals surface area contributed by atoms with Crippen LogP contribution in [0.15, 0.2) is 60.0 Å². The van der Waals surface area contributed by atoms with Crippen molar-refractivity contribution in [1.82, 2.24) is 19.5 Å². The van der Waals surface area contributed by atoms with Crippen LogP contribution in [-0.4, -0.2) is 38.4 Å². The van der Waals surface area contributed by atoms with Gasteiger partial charge in [-0.1, -0.05) is 58.0 Å². The normalized spacial score (nSPS) is 19.1. The number of nitrogens with zero attached hydrogens (tertiary/aromatic N) is 5. The Morgan fingerprint density at radius 2 is 1.83 bits per heavy atom. The first-order chi connectivity index (χ1) is 19.5. The van der Waals surface area contributed by atoms with Crippen LogP contribution in [0.25, 0.3) is 28.0 Å². The summed E-state index contributed by atoms with van der Waals surface area (Å²) in [7, 11) is 0. The summed E-state index contributed by atoms with van der Waals surface area (Å²) < 4.78 is 16.4. The smallest absolute Gasteiger partial charge is 0.355 e. The van der Waals surface area contributed by atoms with Crippen molar-refractivity contribution in [3.05, 3.63) is 87.8 Å². The molecule has 9 heteroatoms. The van der Waals surface area contributed by atoms with E-state index in [1.54, 1.807) is 30.5 Å². The molecule has 3 atom stereocenters. The first kappa shape index (κ1) is 28.6. The number of hydrogen-bond acceptors (Lipinski definition) is 6. The van der Waals surface area contributed by atoms with E-state index >= 15 is 0 Å². The molecule has 4 heterocycles. The van der Waals surface area contributed by atoms with Gasteiger partial charge in [0, 0.05) is 30.8 Å². The number of carbonyl (C=O) groups excluding carboxylic acids is 1. The number of carbonyl (C=O) groups is 1. The minimum atomic E-state index is -0.524. The van der Waals surface area contributed by atoms with E-state index in [1.165, 1.54) is 16.7 Å². The predicted octanol–water partition coefficient (Wildman–Crippen LogP) is 6.53. The Hall–Kier alpha value is -3.91. The zero-order chi connectivity index (χ0) is 29.6. The number of aryl methyl sites for hydroxylation is 1. The molecular weight excluding hydrogens is 541 g/mol. The predicted molar refractivity (Wildman–Crippen MR) is 161 cm³/mol. The standard InChI is InChI=1S/C32H33ClFN5O2/c1-7-25(40)26-19(5)15-38(16-20(26)6)30-22-14-23(33)28(21-10-8-9-11-24(21)34)36-31(22)39(32(41)37-30)29-18(4)12-13-35-27(29)17(2)3/h7-14,17,19-20,26H,1,15-16H2,2-6H3/t19-,20+,26?. The monoisotopic (exact) mass is 573 g/mol. The highest BCUT2D eigenvalue weighted by Gasteiger charge is 2.37. The molecule has 41 heavy (non-hydrogen) atoms. The number of allylic oxidation sites excluding steroid dienone is 1. The summed E-state index contributed by atoms with van der Waals surface area (Å²) in [6.07, 6.45) is 3.11. The van der Waals surface area contributed by atoms with E-state index in [0.717, 1.165) is 11.3 Å². The largest absolute Gasteiger partial charge is 0.355 e. The number of ketones is 1. The molecule has 1 unspecified atom stereocenters. The van der Waals surface area contributed by atoms with Crippen molar-refractivity contribution < 1.29 is 9.18 Å². The Morgan fingerprint density at radius 3 is 2.46 bits per heavy atom. The fourth-order valence-electron chi connectivity index (χ4n) is 6.10. The first-order valence-corrected chi connectivity index (χ1v) is 14.2. The highest BCUT2D eigenvalue weighted by Crippen LogP contribution is 2.38. The average Bonchev–Trinajstić information content (AvgIpc) is 2.92. The van der Waals surface area contributed by atoms with Crippen LogP contribution in [0, 0.1) is 30.5 Å². The molecule has 0 saturated carbocycles. The Kier molecular flexibility index (Phi) is 7.79. The highest BCUT2D eigenvalue weighted by molar-refractivity contribution is 6.33. The second-order valence-corrected chi connectivity index (χ2v) is 11.6. The number of benzene rings is 1.